The van der Waals surface area contributed by atoms with Crippen LogP contribution in [0.3, 0.4) is 0 Å². The summed E-state index contributed by atoms with van der Waals surface area (Å²) < 4.78 is 5.38. The van der Waals surface area contributed by atoms with Crippen LogP contribution in [-0.4, -0.2) is 37.2 Å². The molecule has 3 heteroatoms. The van der Waals surface area contributed by atoms with Crippen LogP contribution in [0.15, 0.2) is 18.2 Å². The van der Waals surface area contributed by atoms with E-state index in [1.165, 1.54) is 62.7 Å². The highest BCUT2D eigenvalue weighted by Crippen LogP contribution is 2.35. The Kier molecular flexibility index (Phi) is 3.64. The van der Waals surface area contributed by atoms with E-state index >= 15 is 0 Å². The van der Waals surface area contributed by atoms with E-state index in [2.05, 4.69) is 28.4 Å². The third kappa shape index (κ3) is 2.47. The number of rotatable bonds is 3. The van der Waals surface area contributed by atoms with Gasteiger partial charge >= 0.3 is 0 Å². The van der Waals surface area contributed by atoms with Gasteiger partial charge in [-0.1, -0.05) is 6.07 Å². The Balaban J connectivity index is 1.52. The zero-order valence-electron chi connectivity index (χ0n) is 13.0. The van der Waals surface area contributed by atoms with Crippen molar-refractivity contribution in [3.05, 3.63) is 29.3 Å². The van der Waals surface area contributed by atoms with Crippen LogP contribution in [0.1, 0.15) is 49.3 Å². The average molecular weight is 286 g/mol. The Morgan fingerprint density at radius 2 is 2.10 bits per heavy atom. The number of fused-ring (bicyclic) bond motifs is 2. The first-order chi connectivity index (χ1) is 10.3. The fourth-order valence-corrected chi connectivity index (χ4v) is 4.63. The summed E-state index contributed by atoms with van der Waals surface area (Å²) in [5.41, 5.74) is 3.00. The lowest BCUT2D eigenvalue weighted by molar-refractivity contribution is 0.283. The maximum absolute atomic E-state index is 5.38. The lowest BCUT2D eigenvalue weighted by Gasteiger charge is -2.31. The fraction of sp³-hybridized carbons (Fsp3) is 0.667. The first-order valence-corrected chi connectivity index (χ1v) is 8.52. The Labute approximate surface area is 127 Å². The van der Waals surface area contributed by atoms with Gasteiger partial charge < -0.3 is 10.1 Å². The van der Waals surface area contributed by atoms with Crippen LogP contribution >= 0.6 is 0 Å². The van der Waals surface area contributed by atoms with E-state index in [9.17, 15) is 0 Å². The Hall–Kier alpha value is -1.06. The second kappa shape index (κ2) is 5.62. The third-order valence-corrected chi connectivity index (χ3v) is 5.69. The van der Waals surface area contributed by atoms with E-state index in [4.69, 9.17) is 4.74 Å². The molecule has 2 fully saturated rings. The van der Waals surface area contributed by atoms with Crippen LogP contribution in [-0.2, 0) is 6.42 Å². The molecule has 2 saturated heterocycles. The molecule has 3 nitrogen and oxygen atoms in total. The minimum Gasteiger partial charge on any atom is -0.497 e. The molecule has 1 aromatic rings. The minimum absolute atomic E-state index is 0.546. The average Bonchev–Trinajstić information content (AvgIpc) is 3.12. The van der Waals surface area contributed by atoms with Crippen LogP contribution in [0.2, 0.25) is 0 Å². The van der Waals surface area contributed by atoms with Crippen molar-refractivity contribution in [3.8, 4) is 5.75 Å². The van der Waals surface area contributed by atoms with Crippen molar-refractivity contribution in [3.63, 3.8) is 0 Å². The normalized spacial score (nSPS) is 32.0. The van der Waals surface area contributed by atoms with E-state index in [1.54, 1.807) is 7.11 Å². The second-order valence-electron chi connectivity index (χ2n) is 6.82. The Morgan fingerprint density at radius 1 is 1.14 bits per heavy atom. The highest BCUT2D eigenvalue weighted by molar-refractivity contribution is 5.39. The van der Waals surface area contributed by atoms with Crippen molar-refractivity contribution in [2.45, 2.75) is 56.7 Å². The van der Waals surface area contributed by atoms with Crippen LogP contribution in [0.5, 0.6) is 5.75 Å². The molecule has 0 radical (unpaired) electrons. The second-order valence-corrected chi connectivity index (χ2v) is 6.82. The summed E-state index contributed by atoms with van der Waals surface area (Å²) in [5.74, 6) is 0.997. The highest BCUT2D eigenvalue weighted by Gasteiger charge is 2.38. The molecule has 0 bridgehead atoms. The largest absolute Gasteiger partial charge is 0.497 e. The monoisotopic (exact) mass is 286 g/mol. The van der Waals surface area contributed by atoms with Gasteiger partial charge in [0.25, 0.3) is 0 Å². The number of methoxy groups -OCH3 is 1. The number of hydrogen-bond donors (Lipinski definition) is 1. The van der Waals surface area contributed by atoms with E-state index < -0.39 is 0 Å². The van der Waals surface area contributed by atoms with Crippen molar-refractivity contribution in [1.82, 2.24) is 10.2 Å². The topological polar surface area (TPSA) is 24.5 Å². The summed E-state index contributed by atoms with van der Waals surface area (Å²) in [6.45, 7) is 2.62. The molecule has 4 rings (SSSR count). The lowest BCUT2D eigenvalue weighted by Crippen LogP contribution is -2.41. The van der Waals surface area contributed by atoms with Crippen LogP contribution in [0, 0.1) is 0 Å². The first-order valence-electron chi connectivity index (χ1n) is 8.52. The van der Waals surface area contributed by atoms with Crippen molar-refractivity contribution >= 4 is 0 Å². The number of hydrogen-bond acceptors (Lipinski definition) is 3. The number of ether oxygens (including phenoxy) is 1. The molecule has 1 aliphatic carbocycles. The van der Waals surface area contributed by atoms with Gasteiger partial charge in [0.15, 0.2) is 0 Å². The van der Waals surface area contributed by atoms with Gasteiger partial charge in [-0.15, -0.1) is 0 Å². The van der Waals surface area contributed by atoms with Crippen LogP contribution < -0.4 is 10.1 Å². The van der Waals surface area contributed by atoms with Crippen molar-refractivity contribution < 1.29 is 4.74 Å². The van der Waals surface area contributed by atoms with E-state index in [1.807, 2.05) is 0 Å². The summed E-state index contributed by atoms with van der Waals surface area (Å²) in [7, 11) is 1.76. The highest BCUT2D eigenvalue weighted by atomic mass is 16.5. The predicted octanol–water partition coefficient (Wildman–Crippen LogP) is 2.90. The fourth-order valence-electron chi connectivity index (χ4n) is 4.63. The van der Waals surface area contributed by atoms with Crippen LogP contribution in [0.25, 0.3) is 0 Å². The molecule has 0 aromatic heterocycles. The minimum atomic E-state index is 0.546. The summed E-state index contributed by atoms with van der Waals surface area (Å²) >= 11 is 0. The van der Waals surface area contributed by atoms with E-state index in [-0.39, 0.29) is 0 Å². The quantitative estimate of drug-likeness (QED) is 0.924. The molecule has 0 spiro atoms. The number of nitrogens with zero attached hydrogens (tertiary/aromatic N) is 1. The van der Waals surface area contributed by atoms with Gasteiger partial charge in [-0.3, -0.25) is 4.90 Å². The van der Waals surface area contributed by atoms with Crippen molar-refractivity contribution in [2.75, 3.05) is 20.2 Å². The van der Waals surface area contributed by atoms with Gasteiger partial charge in [0.05, 0.1) is 7.11 Å². The molecule has 2 aliphatic heterocycles. The summed E-state index contributed by atoms with van der Waals surface area (Å²) in [6, 6.07) is 8.69. The smallest absolute Gasteiger partial charge is 0.119 e. The number of nitrogens with one attached hydrogen (secondary N) is 1. The van der Waals surface area contributed by atoms with Gasteiger partial charge in [-0.05, 0) is 68.3 Å². The molecule has 3 atom stereocenters. The standard InChI is InChI=1S/C18H26N2O/c1-21-14-7-8-15-13(12-14)4-2-5-16(15)19-17-9-11-20-10-3-6-18(17)20/h7-8,12,16-19H,2-6,9-11H2,1H3. The van der Waals surface area contributed by atoms with Crippen LogP contribution in [0.4, 0.5) is 0 Å². The molecular formula is C18H26N2O. The zero-order valence-corrected chi connectivity index (χ0v) is 13.0. The van der Waals surface area contributed by atoms with Crippen molar-refractivity contribution in [1.29, 1.82) is 0 Å². The molecular weight excluding hydrogens is 260 g/mol. The number of aryl methyl sites for hydroxylation is 1. The zero-order chi connectivity index (χ0) is 14.2. The van der Waals surface area contributed by atoms with Gasteiger partial charge in [0, 0.05) is 24.7 Å². The van der Waals surface area contributed by atoms with Gasteiger partial charge in [-0.25, -0.2) is 0 Å². The molecule has 114 valence electrons. The molecule has 21 heavy (non-hydrogen) atoms. The summed E-state index contributed by atoms with van der Waals surface area (Å²) in [6.07, 6.45) is 7.88. The molecule has 3 aliphatic rings. The molecule has 0 saturated carbocycles. The molecule has 2 heterocycles. The Bertz CT molecular complexity index is 516. The van der Waals surface area contributed by atoms with E-state index in [0.717, 1.165) is 11.8 Å². The maximum Gasteiger partial charge on any atom is 0.119 e. The van der Waals surface area contributed by atoms with Gasteiger partial charge in [0.2, 0.25) is 0 Å². The summed E-state index contributed by atoms with van der Waals surface area (Å²) in [5, 5.41) is 4.00. The van der Waals surface area contributed by atoms with Gasteiger partial charge in [-0.2, -0.15) is 0 Å². The predicted molar refractivity (Wildman–Crippen MR) is 84.8 cm³/mol. The lowest BCUT2D eigenvalue weighted by atomic mass is 9.86. The molecule has 1 aromatic carbocycles. The van der Waals surface area contributed by atoms with Crippen molar-refractivity contribution in [2.24, 2.45) is 0 Å². The SMILES string of the molecule is COc1ccc2c(c1)CCCC2NC1CCN2CCCC12. The van der Waals surface area contributed by atoms with Gasteiger partial charge in [0.1, 0.15) is 5.75 Å². The maximum atomic E-state index is 5.38. The summed E-state index contributed by atoms with van der Waals surface area (Å²) in [4.78, 5) is 2.69. The Morgan fingerprint density at radius 3 is 3.00 bits per heavy atom. The first kappa shape index (κ1) is 13.6. The molecule has 0 amide bonds. The van der Waals surface area contributed by atoms with E-state index in [0.29, 0.717) is 12.1 Å². The third-order valence-electron chi connectivity index (χ3n) is 5.69. The number of benzene rings is 1. The molecule has 1 N–H and O–H groups in total. The molecule has 3 unspecified atom stereocenters.